The first-order chi connectivity index (χ1) is 22.7. The minimum Gasteiger partial charge on any atom is -0.306 e. The number of hydrogen-bond acceptors (Lipinski definition) is 5. The van der Waals surface area contributed by atoms with Gasteiger partial charge in [-0.25, -0.2) is 0 Å². The molecule has 2 atom stereocenters. The van der Waals surface area contributed by atoms with Crippen LogP contribution in [0.2, 0.25) is 0 Å². The third kappa shape index (κ3) is 7.16. The fourth-order valence-corrected chi connectivity index (χ4v) is 9.79. The quantitative estimate of drug-likeness (QED) is 0.138. The molecular weight excluding hydrogens is 688 g/mol. The van der Waals surface area contributed by atoms with Crippen LogP contribution in [0.1, 0.15) is 110 Å². The van der Waals surface area contributed by atoms with Gasteiger partial charge in [0.25, 0.3) is 11.8 Å². The second kappa shape index (κ2) is 15.6. The van der Waals surface area contributed by atoms with Gasteiger partial charge in [-0.1, -0.05) is 66.2 Å². The van der Waals surface area contributed by atoms with E-state index in [1.807, 2.05) is 47.9 Å². The van der Waals surface area contributed by atoms with Crippen molar-refractivity contribution in [2.75, 3.05) is 13.1 Å². The Hall–Kier alpha value is -2.81. The average molecular weight is 736 g/mol. The Kier molecular flexibility index (Phi) is 11.8. The highest BCUT2D eigenvalue weighted by Gasteiger charge is 2.50. The van der Waals surface area contributed by atoms with Crippen LogP contribution in [-0.4, -0.2) is 41.0 Å². The topological polar surface area (TPSA) is 57.7 Å². The van der Waals surface area contributed by atoms with Gasteiger partial charge < -0.3 is 9.80 Å². The fourth-order valence-electron chi connectivity index (χ4n) is 7.10. The summed E-state index contributed by atoms with van der Waals surface area (Å²) in [4.78, 5) is 47.9. The van der Waals surface area contributed by atoms with Crippen molar-refractivity contribution in [2.24, 2.45) is 11.8 Å². The fraction of sp³-hybridized carbons (Fsp3) is 0.462. The van der Waals surface area contributed by atoms with E-state index < -0.39 is 0 Å². The van der Waals surface area contributed by atoms with Crippen molar-refractivity contribution >= 4 is 68.1 Å². The molecule has 2 amide bonds. The highest BCUT2D eigenvalue weighted by molar-refractivity contribution is 9.11. The molecule has 2 aliphatic heterocycles. The van der Waals surface area contributed by atoms with E-state index >= 15 is 0 Å². The molecule has 0 saturated carbocycles. The molecule has 8 heteroatoms. The standard InChI is InChI=1S/C39H47BrN2O3S2/c1-7-11-13-26(9-3)21-41-36(30-16-15-29(46-30)33-24(5)19-28(23-43)20-25(33)6)34-35(39(41)45)37(31-17-18-32(40)47-31)42(38(34)44)22-27(10-4)14-12-8-2/h15-20,23,26-27H,7-14,21-22H2,1-6H3. The van der Waals surface area contributed by atoms with Crippen molar-refractivity contribution in [3.63, 3.8) is 0 Å². The maximum atomic E-state index is 14.8. The lowest BCUT2D eigenvalue weighted by Gasteiger charge is -2.29. The number of aldehydes is 1. The number of aryl methyl sites for hydroxylation is 2. The lowest BCUT2D eigenvalue weighted by molar-refractivity contribution is -0.124. The van der Waals surface area contributed by atoms with E-state index in [0.717, 1.165) is 104 Å². The first-order valence-corrected chi connectivity index (χ1v) is 19.6. The lowest BCUT2D eigenvalue weighted by Crippen LogP contribution is -2.34. The molecule has 0 bridgehead atoms. The first-order valence-electron chi connectivity index (χ1n) is 17.2. The van der Waals surface area contributed by atoms with Crippen LogP contribution in [0.4, 0.5) is 0 Å². The van der Waals surface area contributed by atoms with Crippen LogP contribution in [0.5, 0.6) is 0 Å². The van der Waals surface area contributed by atoms with Crippen LogP contribution in [-0.2, 0) is 9.59 Å². The van der Waals surface area contributed by atoms with Crippen LogP contribution in [0, 0.1) is 25.7 Å². The van der Waals surface area contributed by atoms with Gasteiger partial charge in [-0.15, -0.1) is 22.7 Å². The summed E-state index contributed by atoms with van der Waals surface area (Å²) < 4.78 is 0.978. The van der Waals surface area contributed by atoms with E-state index in [2.05, 4.69) is 55.8 Å². The van der Waals surface area contributed by atoms with Crippen molar-refractivity contribution in [3.8, 4) is 10.4 Å². The molecule has 1 aromatic carbocycles. The van der Waals surface area contributed by atoms with Gasteiger partial charge in [-0.2, -0.15) is 0 Å². The summed E-state index contributed by atoms with van der Waals surface area (Å²) in [6.45, 7) is 14.1. The molecule has 0 spiro atoms. The molecule has 0 saturated heterocycles. The highest BCUT2D eigenvalue weighted by Crippen LogP contribution is 2.50. The van der Waals surface area contributed by atoms with Gasteiger partial charge in [0.1, 0.15) is 6.29 Å². The molecule has 3 aromatic rings. The average Bonchev–Trinajstić information content (AvgIpc) is 3.82. The Morgan fingerprint density at radius 3 is 1.62 bits per heavy atom. The molecule has 250 valence electrons. The summed E-state index contributed by atoms with van der Waals surface area (Å²) >= 11 is 6.85. The third-order valence-corrected chi connectivity index (χ3v) is 12.5. The monoisotopic (exact) mass is 734 g/mol. The molecule has 0 fully saturated rings. The van der Waals surface area contributed by atoms with Gasteiger partial charge in [0.05, 0.1) is 36.1 Å². The zero-order valence-electron chi connectivity index (χ0n) is 28.6. The van der Waals surface area contributed by atoms with Gasteiger partial charge in [0, 0.05) is 23.5 Å². The van der Waals surface area contributed by atoms with Crippen molar-refractivity contribution in [1.82, 2.24) is 9.80 Å². The number of rotatable bonds is 16. The van der Waals surface area contributed by atoms with Gasteiger partial charge >= 0.3 is 0 Å². The first kappa shape index (κ1) is 35.5. The number of halogens is 1. The molecule has 5 nitrogen and oxygen atoms in total. The van der Waals surface area contributed by atoms with Gasteiger partial charge in [0.2, 0.25) is 0 Å². The molecule has 0 N–H and O–H groups in total. The number of carbonyl (C=O) groups excluding carboxylic acids is 3. The summed E-state index contributed by atoms with van der Waals surface area (Å²) in [6.07, 6.45) is 9.43. The number of benzene rings is 1. The number of fused-ring (bicyclic) bond motifs is 1. The largest absolute Gasteiger partial charge is 0.306 e. The Morgan fingerprint density at radius 1 is 0.723 bits per heavy atom. The lowest BCUT2D eigenvalue weighted by atomic mass is 9.98. The van der Waals surface area contributed by atoms with E-state index in [4.69, 9.17) is 0 Å². The van der Waals surface area contributed by atoms with E-state index in [1.165, 1.54) is 0 Å². The van der Waals surface area contributed by atoms with Crippen LogP contribution < -0.4 is 0 Å². The van der Waals surface area contributed by atoms with E-state index in [9.17, 15) is 14.4 Å². The molecule has 4 heterocycles. The molecule has 2 unspecified atom stereocenters. The third-order valence-electron chi connectivity index (χ3n) is 9.73. The Morgan fingerprint density at radius 2 is 1.19 bits per heavy atom. The number of nitrogens with zero attached hydrogens (tertiary/aromatic N) is 2. The molecule has 5 rings (SSSR count). The van der Waals surface area contributed by atoms with Crippen molar-refractivity contribution in [3.05, 3.63) is 77.8 Å². The zero-order chi connectivity index (χ0) is 33.8. The van der Waals surface area contributed by atoms with Crippen LogP contribution in [0.3, 0.4) is 0 Å². The summed E-state index contributed by atoms with van der Waals surface area (Å²) in [5, 5.41) is 0. The number of amides is 2. The highest BCUT2D eigenvalue weighted by atomic mass is 79.9. The Balaban J connectivity index is 1.69. The predicted molar refractivity (Wildman–Crippen MR) is 201 cm³/mol. The molecule has 0 aliphatic carbocycles. The number of thiophene rings is 2. The molecule has 2 aromatic heterocycles. The minimum absolute atomic E-state index is 0.0559. The van der Waals surface area contributed by atoms with Crippen LogP contribution in [0.25, 0.3) is 21.8 Å². The van der Waals surface area contributed by atoms with Gasteiger partial charge in [-0.3, -0.25) is 14.4 Å². The summed E-state index contributed by atoms with van der Waals surface area (Å²) in [7, 11) is 0. The van der Waals surface area contributed by atoms with Gasteiger partial charge in [-0.05, 0) is 108 Å². The van der Waals surface area contributed by atoms with E-state index in [-0.39, 0.29) is 11.8 Å². The number of hydrogen-bond donors (Lipinski definition) is 0. The normalized spacial score (nSPS) is 16.1. The minimum atomic E-state index is -0.0559. The second-order valence-electron chi connectivity index (χ2n) is 13.0. The summed E-state index contributed by atoms with van der Waals surface area (Å²) in [6, 6.07) is 12.1. The number of carbonyl (C=O) groups is 3. The molecule has 47 heavy (non-hydrogen) atoms. The summed E-state index contributed by atoms with van der Waals surface area (Å²) in [5.74, 6) is 0.594. The Bertz CT molecular complexity index is 1690. The number of unbranched alkanes of at least 4 members (excludes halogenated alkanes) is 2. The van der Waals surface area contributed by atoms with Crippen LogP contribution in [0.15, 0.2) is 51.3 Å². The van der Waals surface area contributed by atoms with Gasteiger partial charge in [0.15, 0.2) is 0 Å². The van der Waals surface area contributed by atoms with E-state index in [1.54, 1.807) is 22.7 Å². The molecular formula is C39H47BrN2O3S2. The SMILES string of the molecule is CCCCC(CC)CN1C(=O)C2=C(c3ccc(-c4c(C)cc(C=O)cc4C)s3)N(CC(CC)CCCC)C(=O)C2=C1c1ccc(Br)s1. The Labute approximate surface area is 296 Å². The molecule has 0 radical (unpaired) electrons. The maximum Gasteiger partial charge on any atom is 0.261 e. The van der Waals surface area contributed by atoms with E-state index in [0.29, 0.717) is 41.6 Å². The smallest absolute Gasteiger partial charge is 0.261 e. The zero-order valence-corrected chi connectivity index (χ0v) is 31.8. The summed E-state index contributed by atoms with van der Waals surface area (Å²) in [5.41, 5.74) is 6.50. The second-order valence-corrected chi connectivity index (χ2v) is 16.6. The molecule has 2 aliphatic rings. The van der Waals surface area contributed by atoms with Crippen molar-refractivity contribution in [2.45, 2.75) is 92.9 Å². The maximum absolute atomic E-state index is 14.8. The van der Waals surface area contributed by atoms with Crippen molar-refractivity contribution < 1.29 is 14.4 Å². The van der Waals surface area contributed by atoms with Crippen molar-refractivity contribution in [1.29, 1.82) is 0 Å². The predicted octanol–water partition coefficient (Wildman–Crippen LogP) is 10.9. The van der Waals surface area contributed by atoms with Crippen LogP contribution >= 0.6 is 38.6 Å².